The van der Waals surface area contributed by atoms with Crippen molar-refractivity contribution >= 4 is 0 Å². The lowest BCUT2D eigenvalue weighted by Crippen LogP contribution is -2.57. The number of nitrogens with one attached hydrogen (secondary N) is 1. The first-order valence-electron chi connectivity index (χ1n) is 6.45. The minimum atomic E-state index is 0.273. The molecule has 2 heteroatoms. The topological polar surface area (TPSA) is 15.3 Å². The van der Waals surface area contributed by atoms with Crippen LogP contribution in [0, 0.1) is 0 Å². The number of hydrogen-bond donors (Lipinski definition) is 1. The van der Waals surface area contributed by atoms with Gasteiger partial charge in [-0.25, -0.2) is 0 Å². The summed E-state index contributed by atoms with van der Waals surface area (Å²) in [5.74, 6) is 0. The van der Waals surface area contributed by atoms with Gasteiger partial charge in [0.05, 0.1) is 0 Å². The minimum Gasteiger partial charge on any atom is -0.309 e. The van der Waals surface area contributed by atoms with Gasteiger partial charge in [0.25, 0.3) is 0 Å². The molecule has 0 aliphatic carbocycles. The zero-order chi connectivity index (χ0) is 11.1. The van der Waals surface area contributed by atoms with Crippen LogP contribution in [0.5, 0.6) is 0 Å². The number of hydrogen-bond acceptors (Lipinski definition) is 2. The van der Waals surface area contributed by atoms with Crippen LogP contribution in [-0.2, 0) is 0 Å². The second kappa shape index (κ2) is 4.06. The molecular weight excluding hydrogens is 184 g/mol. The molecule has 0 radical (unpaired) electrons. The Morgan fingerprint density at radius 1 is 1.07 bits per heavy atom. The zero-order valence-electron chi connectivity index (χ0n) is 10.7. The maximum absolute atomic E-state index is 3.78. The average molecular weight is 210 g/mol. The monoisotopic (exact) mass is 210 g/mol. The molecule has 2 unspecified atom stereocenters. The van der Waals surface area contributed by atoms with E-state index in [9.17, 15) is 0 Å². The van der Waals surface area contributed by atoms with Crippen LogP contribution in [0.2, 0.25) is 0 Å². The average Bonchev–Trinajstić information content (AvgIpc) is 2.04. The van der Waals surface area contributed by atoms with Gasteiger partial charge < -0.3 is 10.2 Å². The van der Waals surface area contributed by atoms with Gasteiger partial charge in [-0.05, 0) is 53.5 Å². The van der Waals surface area contributed by atoms with Gasteiger partial charge in [0, 0.05) is 23.7 Å². The van der Waals surface area contributed by atoms with E-state index in [0.717, 1.165) is 18.1 Å². The smallest absolute Gasteiger partial charge is 0.0110 e. The molecule has 2 rings (SSSR count). The van der Waals surface area contributed by atoms with Crippen molar-refractivity contribution in [3.05, 3.63) is 0 Å². The molecule has 2 saturated heterocycles. The lowest BCUT2D eigenvalue weighted by atomic mass is 9.81. The molecule has 2 fully saturated rings. The summed E-state index contributed by atoms with van der Waals surface area (Å²) in [6.07, 6.45) is 6.97. The fraction of sp³-hybridized carbons (Fsp3) is 1.00. The van der Waals surface area contributed by atoms with Crippen molar-refractivity contribution in [2.75, 3.05) is 7.05 Å². The van der Waals surface area contributed by atoms with Gasteiger partial charge in [-0.15, -0.1) is 0 Å². The molecule has 0 spiro atoms. The van der Waals surface area contributed by atoms with E-state index in [1.807, 2.05) is 0 Å². The summed E-state index contributed by atoms with van der Waals surface area (Å²) in [6.45, 7) is 6.84. The molecule has 88 valence electrons. The highest BCUT2D eigenvalue weighted by molar-refractivity contribution is 4.95. The molecule has 2 aliphatic heterocycles. The third kappa shape index (κ3) is 2.73. The Bertz CT molecular complexity index is 205. The van der Waals surface area contributed by atoms with Crippen molar-refractivity contribution in [3.8, 4) is 0 Å². The van der Waals surface area contributed by atoms with E-state index >= 15 is 0 Å². The predicted molar refractivity (Wildman–Crippen MR) is 65.1 cm³/mol. The van der Waals surface area contributed by atoms with Crippen LogP contribution in [0.25, 0.3) is 0 Å². The van der Waals surface area contributed by atoms with Crippen molar-refractivity contribution in [3.63, 3.8) is 0 Å². The normalized spacial score (nSPS) is 38.0. The lowest BCUT2D eigenvalue weighted by Gasteiger charge is -2.48. The van der Waals surface area contributed by atoms with Gasteiger partial charge in [-0.1, -0.05) is 6.42 Å². The highest BCUT2D eigenvalue weighted by Crippen LogP contribution is 2.33. The van der Waals surface area contributed by atoms with E-state index in [0.29, 0.717) is 0 Å². The fourth-order valence-corrected chi connectivity index (χ4v) is 3.35. The summed E-state index contributed by atoms with van der Waals surface area (Å²) in [7, 11) is 2.32. The zero-order valence-corrected chi connectivity index (χ0v) is 10.7. The molecule has 0 amide bonds. The van der Waals surface area contributed by atoms with E-state index in [1.165, 1.54) is 32.1 Å². The number of piperidine rings is 2. The van der Waals surface area contributed by atoms with E-state index in [-0.39, 0.29) is 5.54 Å². The van der Waals surface area contributed by atoms with Crippen LogP contribution >= 0.6 is 0 Å². The van der Waals surface area contributed by atoms with Crippen LogP contribution < -0.4 is 5.32 Å². The fourth-order valence-electron chi connectivity index (χ4n) is 3.35. The van der Waals surface area contributed by atoms with Crippen LogP contribution in [0.3, 0.4) is 0 Å². The molecule has 0 aromatic carbocycles. The van der Waals surface area contributed by atoms with Crippen molar-refractivity contribution in [2.24, 2.45) is 0 Å². The second-order valence-corrected chi connectivity index (χ2v) is 6.47. The van der Waals surface area contributed by atoms with E-state index in [2.05, 4.69) is 38.0 Å². The Kier molecular flexibility index (Phi) is 3.09. The standard InChI is InChI=1S/C13H26N2/c1-13(2,3)14-10-8-11-6-5-7-12(9-10)15(11)4/h10-12,14H,5-9H2,1-4H3. The Hall–Kier alpha value is -0.0800. The first kappa shape index (κ1) is 11.4. The van der Waals surface area contributed by atoms with Gasteiger partial charge in [-0.3, -0.25) is 0 Å². The molecule has 15 heavy (non-hydrogen) atoms. The van der Waals surface area contributed by atoms with Crippen LogP contribution in [-0.4, -0.2) is 35.6 Å². The molecule has 0 saturated carbocycles. The van der Waals surface area contributed by atoms with Crippen molar-refractivity contribution in [1.29, 1.82) is 0 Å². The van der Waals surface area contributed by atoms with Crippen LogP contribution in [0.4, 0.5) is 0 Å². The Balaban J connectivity index is 1.95. The number of rotatable bonds is 1. The van der Waals surface area contributed by atoms with E-state index in [4.69, 9.17) is 0 Å². The Morgan fingerprint density at radius 3 is 2.07 bits per heavy atom. The highest BCUT2D eigenvalue weighted by atomic mass is 15.2. The maximum atomic E-state index is 3.78. The number of fused-ring (bicyclic) bond motifs is 2. The SMILES string of the molecule is CN1C2CCCC1CC(NC(C)(C)C)C2. The lowest BCUT2D eigenvalue weighted by molar-refractivity contribution is 0.0427. The predicted octanol–water partition coefficient (Wildman–Crippen LogP) is 2.39. The van der Waals surface area contributed by atoms with Crippen LogP contribution in [0.1, 0.15) is 52.9 Å². The maximum Gasteiger partial charge on any atom is 0.0110 e. The van der Waals surface area contributed by atoms with Crippen LogP contribution in [0.15, 0.2) is 0 Å². The van der Waals surface area contributed by atoms with E-state index in [1.54, 1.807) is 0 Å². The van der Waals surface area contributed by atoms with Gasteiger partial charge in [0.2, 0.25) is 0 Å². The summed E-state index contributed by atoms with van der Waals surface area (Å²) in [4.78, 5) is 2.63. The molecule has 2 heterocycles. The molecular formula is C13H26N2. The third-order valence-electron chi connectivity index (χ3n) is 3.98. The third-order valence-corrected chi connectivity index (χ3v) is 3.98. The summed E-state index contributed by atoms with van der Waals surface area (Å²) >= 11 is 0. The van der Waals surface area contributed by atoms with Crippen molar-refractivity contribution in [1.82, 2.24) is 10.2 Å². The molecule has 2 nitrogen and oxygen atoms in total. The molecule has 1 N–H and O–H groups in total. The molecule has 2 atom stereocenters. The summed E-state index contributed by atoms with van der Waals surface area (Å²) < 4.78 is 0. The molecule has 0 aromatic rings. The first-order chi connectivity index (χ1) is 6.96. The first-order valence-corrected chi connectivity index (χ1v) is 6.45. The van der Waals surface area contributed by atoms with Crippen molar-refractivity contribution in [2.45, 2.75) is 76.5 Å². The largest absolute Gasteiger partial charge is 0.309 e. The Morgan fingerprint density at radius 2 is 1.60 bits per heavy atom. The quantitative estimate of drug-likeness (QED) is 0.715. The number of nitrogens with zero attached hydrogens (tertiary/aromatic N) is 1. The van der Waals surface area contributed by atoms with Gasteiger partial charge in [-0.2, -0.15) is 0 Å². The summed E-state index contributed by atoms with van der Waals surface area (Å²) in [5.41, 5.74) is 0.273. The molecule has 2 bridgehead atoms. The van der Waals surface area contributed by atoms with E-state index < -0.39 is 0 Å². The highest BCUT2D eigenvalue weighted by Gasteiger charge is 2.36. The Labute approximate surface area is 94.4 Å². The second-order valence-electron chi connectivity index (χ2n) is 6.47. The van der Waals surface area contributed by atoms with Crippen molar-refractivity contribution < 1.29 is 0 Å². The molecule has 0 aromatic heterocycles. The van der Waals surface area contributed by atoms with Gasteiger partial charge in [0.15, 0.2) is 0 Å². The van der Waals surface area contributed by atoms with Gasteiger partial charge >= 0.3 is 0 Å². The summed E-state index contributed by atoms with van der Waals surface area (Å²) in [6, 6.07) is 2.44. The summed E-state index contributed by atoms with van der Waals surface area (Å²) in [5, 5.41) is 3.78. The van der Waals surface area contributed by atoms with Gasteiger partial charge in [0.1, 0.15) is 0 Å². The minimum absolute atomic E-state index is 0.273. The molecule has 2 aliphatic rings.